The summed E-state index contributed by atoms with van der Waals surface area (Å²) >= 11 is 0. The monoisotopic (exact) mass is 543 g/mol. The summed E-state index contributed by atoms with van der Waals surface area (Å²) in [5.74, 6) is 0.955. The van der Waals surface area contributed by atoms with Crippen molar-refractivity contribution in [3.8, 4) is 6.07 Å². The third kappa shape index (κ3) is 6.60. The number of sulfonamides is 2. The van der Waals surface area contributed by atoms with Gasteiger partial charge < -0.3 is 14.2 Å². The van der Waals surface area contributed by atoms with E-state index < -0.39 is 20.0 Å². The Bertz CT molecular complexity index is 1730. The van der Waals surface area contributed by atoms with Crippen molar-refractivity contribution in [3.63, 3.8) is 0 Å². The third-order valence-electron chi connectivity index (χ3n) is 5.38. The fourth-order valence-corrected chi connectivity index (χ4v) is 5.06. The van der Waals surface area contributed by atoms with E-state index in [-0.39, 0.29) is 6.42 Å². The molecule has 0 saturated heterocycles. The van der Waals surface area contributed by atoms with Gasteiger partial charge in [0.25, 0.3) is 0 Å². The van der Waals surface area contributed by atoms with Crippen molar-refractivity contribution in [2.45, 2.75) is 12.8 Å². The van der Waals surface area contributed by atoms with Crippen LogP contribution in [0.5, 0.6) is 0 Å². The number of hydrogen-bond donors (Lipinski definition) is 3. The lowest BCUT2D eigenvalue weighted by Gasteiger charge is -2.08. The van der Waals surface area contributed by atoms with Crippen LogP contribution in [0.15, 0.2) is 62.8 Å². The molecule has 5 rings (SSSR count). The minimum Gasteiger partial charge on any atom is -0.462 e. The van der Waals surface area contributed by atoms with Crippen molar-refractivity contribution in [1.82, 2.24) is 5.32 Å². The summed E-state index contributed by atoms with van der Waals surface area (Å²) in [4.78, 5) is 4.37. The zero-order valence-corrected chi connectivity index (χ0v) is 21.7. The lowest BCUT2D eigenvalue weighted by molar-refractivity contribution is 0.603. The van der Waals surface area contributed by atoms with Crippen molar-refractivity contribution < 1.29 is 25.7 Å². The SMILES string of the molecule is CS(=O)(=O)Nc1ccc(CC#N)c2ccoc12.CS(=O)(=O)Nc1ccc(CC2=NCCN2)c2ccoc12. The van der Waals surface area contributed by atoms with Gasteiger partial charge in [-0.15, -0.1) is 0 Å². The van der Waals surface area contributed by atoms with E-state index in [1.54, 1.807) is 30.5 Å². The number of nitrogens with one attached hydrogen (secondary N) is 3. The van der Waals surface area contributed by atoms with Gasteiger partial charge in [0.05, 0.1) is 55.4 Å². The Morgan fingerprint density at radius 3 is 1.92 bits per heavy atom. The predicted octanol–water partition coefficient (Wildman–Crippen LogP) is 3.22. The molecule has 1 aliphatic heterocycles. The average molecular weight is 544 g/mol. The Hall–Kier alpha value is -4.02. The summed E-state index contributed by atoms with van der Waals surface area (Å²) in [6, 6.07) is 12.5. The summed E-state index contributed by atoms with van der Waals surface area (Å²) in [6.07, 6.45) is 6.17. The summed E-state index contributed by atoms with van der Waals surface area (Å²) in [6.45, 7) is 1.68. The minimum atomic E-state index is -3.35. The van der Waals surface area contributed by atoms with Crippen LogP contribution >= 0.6 is 0 Å². The second-order valence-corrected chi connectivity index (χ2v) is 11.9. The maximum atomic E-state index is 11.3. The largest absolute Gasteiger partial charge is 0.462 e. The first-order valence-corrected chi connectivity index (χ1v) is 14.9. The van der Waals surface area contributed by atoms with Crippen LogP contribution in [0.3, 0.4) is 0 Å². The quantitative estimate of drug-likeness (QED) is 0.319. The molecule has 3 N–H and O–H groups in total. The first kappa shape index (κ1) is 26.1. The van der Waals surface area contributed by atoms with Gasteiger partial charge in [-0.3, -0.25) is 14.4 Å². The summed E-state index contributed by atoms with van der Waals surface area (Å²) in [5, 5.41) is 13.6. The number of benzene rings is 2. The number of aliphatic imine (C=N–C) groups is 1. The molecule has 0 unspecified atom stereocenters. The molecule has 4 aromatic rings. The van der Waals surface area contributed by atoms with Crippen molar-refractivity contribution >= 4 is 59.2 Å². The molecule has 0 saturated carbocycles. The van der Waals surface area contributed by atoms with E-state index in [2.05, 4.69) is 25.8 Å². The smallest absolute Gasteiger partial charge is 0.229 e. The molecule has 2 aromatic carbocycles. The molecular formula is C24H25N5O6S2. The minimum absolute atomic E-state index is 0.259. The molecule has 0 bridgehead atoms. The summed E-state index contributed by atoms with van der Waals surface area (Å²) in [5.41, 5.74) is 3.71. The molecule has 0 fully saturated rings. The maximum Gasteiger partial charge on any atom is 0.229 e. The van der Waals surface area contributed by atoms with E-state index in [9.17, 15) is 16.8 Å². The highest BCUT2D eigenvalue weighted by Gasteiger charge is 2.15. The van der Waals surface area contributed by atoms with E-state index in [4.69, 9.17) is 14.1 Å². The maximum absolute atomic E-state index is 11.3. The fraction of sp³-hybridized carbons (Fsp3) is 0.250. The number of amidine groups is 1. The van der Waals surface area contributed by atoms with Crippen LogP contribution < -0.4 is 14.8 Å². The van der Waals surface area contributed by atoms with Crippen molar-refractivity contribution in [2.24, 2.45) is 4.99 Å². The average Bonchev–Trinajstić information content (AvgIpc) is 3.57. The van der Waals surface area contributed by atoms with Crippen LogP contribution in [0.2, 0.25) is 0 Å². The molecule has 194 valence electrons. The molecule has 0 amide bonds. The highest BCUT2D eigenvalue weighted by molar-refractivity contribution is 7.92. The number of rotatable bonds is 7. The van der Waals surface area contributed by atoms with Crippen molar-refractivity contribution in [1.29, 1.82) is 5.26 Å². The molecule has 0 atom stereocenters. The Labute approximate surface area is 214 Å². The van der Waals surface area contributed by atoms with Gasteiger partial charge in [-0.2, -0.15) is 5.26 Å². The van der Waals surface area contributed by atoms with Crippen LogP contribution in [-0.4, -0.2) is 48.3 Å². The Morgan fingerprint density at radius 1 is 0.892 bits per heavy atom. The van der Waals surface area contributed by atoms with Gasteiger partial charge in [-0.1, -0.05) is 12.1 Å². The van der Waals surface area contributed by atoms with Gasteiger partial charge in [-0.25, -0.2) is 16.8 Å². The highest BCUT2D eigenvalue weighted by Crippen LogP contribution is 2.30. The fourth-order valence-electron chi connectivity index (χ4n) is 3.94. The highest BCUT2D eigenvalue weighted by atomic mass is 32.2. The molecule has 0 aliphatic carbocycles. The van der Waals surface area contributed by atoms with Crippen molar-refractivity contribution in [3.05, 3.63) is 60.1 Å². The number of anilines is 2. The Balaban J connectivity index is 0.000000176. The molecule has 2 aromatic heterocycles. The zero-order valence-electron chi connectivity index (χ0n) is 20.1. The molecular weight excluding hydrogens is 518 g/mol. The number of hydrogen-bond acceptors (Lipinski definition) is 9. The van der Waals surface area contributed by atoms with Crippen LogP contribution in [0, 0.1) is 11.3 Å². The van der Waals surface area contributed by atoms with E-state index in [0.29, 0.717) is 29.0 Å². The molecule has 0 spiro atoms. The topological polar surface area (TPSA) is 167 Å². The van der Waals surface area contributed by atoms with E-state index >= 15 is 0 Å². The normalized spacial score (nSPS) is 13.4. The van der Waals surface area contributed by atoms with E-state index in [0.717, 1.165) is 53.3 Å². The second-order valence-electron chi connectivity index (χ2n) is 8.39. The van der Waals surface area contributed by atoms with Gasteiger partial charge in [-0.05, 0) is 35.4 Å². The number of nitriles is 1. The van der Waals surface area contributed by atoms with E-state index in [1.807, 2.05) is 12.1 Å². The van der Waals surface area contributed by atoms with Crippen LogP contribution in [-0.2, 0) is 32.9 Å². The van der Waals surface area contributed by atoms with Gasteiger partial charge in [0, 0.05) is 23.7 Å². The molecule has 0 radical (unpaired) electrons. The molecule has 11 nitrogen and oxygen atoms in total. The molecule has 13 heteroatoms. The number of nitrogens with zero attached hydrogens (tertiary/aromatic N) is 2. The van der Waals surface area contributed by atoms with Gasteiger partial charge in [0.2, 0.25) is 20.0 Å². The molecule has 3 heterocycles. The summed E-state index contributed by atoms with van der Waals surface area (Å²) < 4.78 is 60.5. The first-order valence-electron chi connectivity index (χ1n) is 11.1. The third-order valence-corrected chi connectivity index (χ3v) is 6.56. The van der Waals surface area contributed by atoms with Gasteiger partial charge in [0.15, 0.2) is 11.2 Å². The Morgan fingerprint density at radius 2 is 1.43 bits per heavy atom. The predicted molar refractivity (Wildman–Crippen MR) is 143 cm³/mol. The molecule has 37 heavy (non-hydrogen) atoms. The van der Waals surface area contributed by atoms with Gasteiger partial charge in [0.1, 0.15) is 5.84 Å². The standard InChI is InChI=1S/C13H15N3O3S.C11H10N2O3S/c1-20(17,18)16-11-3-2-9(8-12-14-5-6-15-12)10-4-7-19-13(10)11;1-17(14,15)13-10-3-2-8(4-6-12)9-5-7-16-11(9)10/h2-4,7,16H,5-6,8H2,1H3,(H,14,15);2-3,5,7,13H,4H2,1H3. The van der Waals surface area contributed by atoms with Crippen LogP contribution in [0.4, 0.5) is 11.4 Å². The van der Waals surface area contributed by atoms with Crippen LogP contribution in [0.25, 0.3) is 21.9 Å². The lowest BCUT2D eigenvalue weighted by atomic mass is 10.1. The lowest BCUT2D eigenvalue weighted by Crippen LogP contribution is -2.20. The van der Waals surface area contributed by atoms with Gasteiger partial charge >= 0.3 is 0 Å². The second kappa shape index (κ2) is 10.5. The van der Waals surface area contributed by atoms with Crippen molar-refractivity contribution in [2.75, 3.05) is 35.0 Å². The number of furan rings is 2. The van der Waals surface area contributed by atoms with E-state index in [1.165, 1.54) is 6.26 Å². The van der Waals surface area contributed by atoms with Crippen LogP contribution in [0.1, 0.15) is 11.1 Å². The Kier molecular flexibility index (Phi) is 7.42. The first-order chi connectivity index (χ1) is 17.5. The molecule has 1 aliphatic rings. The summed E-state index contributed by atoms with van der Waals surface area (Å²) in [7, 11) is -6.67. The zero-order chi connectivity index (χ0) is 26.6. The number of fused-ring (bicyclic) bond motifs is 2.